The summed E-state index contributed by atoms with van der Waals surface area (Å²) in [6.45, 7) is 5.41. The second-order valence-electron chi connectivity index (χ2n) is 4.95. The van der Waals surface area contributed by atoms with Crippen LogP contribution in [-0.4, -0.2) is 35.6 Å². The first-order valence-electron chi connectivity index (χ1n) is 7.85. The van der Waals surface area contributed by atoms with Crippen LogP contribution in [0.3, 0.4) is 0 Å². The van der Waals surface area contributed by atoms with Gasteiger partial charge < -0.3 is 19.8 Å². The number of nitrogens with zero attached hydrogens (tertiary/aromatic N) is 1. The van der Waals surface area contributed by atoms with Gasteiger partial charge in [0, 0.05) is 12.7 Å². The number of carbonyl (C=O) groups is 1. The lowest BCUT2D eigenvalue weighted by Crippen LogP contribution is -2.27. The second kappa shape index (κ2) is 8.71. The van der Waals surface area contributed by atoms with Crippen molar-refractivity contribution >= 4 is 5.91 Å². The van der Waals surface area contributed by atoms with E-state index in [0.29, 0.717) is 37.7 Å². The van der Waals surface area contributed by atoms with Gasteiger partial charge in [0.15, 0.2) is 11.5 Å². The minimum atomic E-state index is -0.343. The molecule has 1 heterocycles. The highest BCUT2D eigenvalue weighted by molar-refractivity contribution is 5.91. The molecule has 0 aliphatic heterocycles. The molecule has 1 aromatic heterocycles. The molecule has 2 N–H and O–H groups in total. The Hall–Kier alpha value is -2.83. The molecule has 0 saturated carbocycles. The van der Waals surface area contributed by atoms with Crippen molar-refractivity contribution < 1.29 is 14.3 Å². The first kappa shape index (κ1) is 17.5. The van der Waals surface area contributed by atoms with Crippen LogP contribution >= 0.6 is 0 Å². The molecule has 0 aliphatic carbocycles. The molecular formula is C17H21N3O4. The summed E-state index contributed by atoms with van der Waals surface area (Å²) >= 11 is 0. The fourth-order valence-corrected chi connectivity index (χ4v) is 2.13. The molecule has 0 spiro atoms. The molecule has 7 heteroatoms. The third kappa shape index (κ3) is 4.84. The Morgan fingerprint density at radius 1 is 1.21 bits per heavy atom. The van der Waals surface area contributed by atoms with Gasteiger partial charge in [0.2, 0.25) is 0 Å². The van der Waals surface area contributed by atoms with E-state index >= 15 is 0 Å². The predicted octanol–water partition coefficient (Wildman–Crippen LogP) is 1.54. The van der Waals surface area contributed by atoms with Gasteiger partial charge >= 0.3 is 0 Å². The number of nitrogens with one attached hydrogen (secondary N) is 2. The molecule has 7 nitrogen and oxygen atoms in total. The summed E-state index contributed by atoms with van der Waals surface area (Å²) in [5, 5.41) is 2.76. The van der Waals surface area contributed by atoms with Gasteiger partial charge in [-0.3, -0.25) is 9.59 Å². The smallest absolute Gasteiger partial charge is 0.271 e. The Morgan fingerprint density at radius 2 is 1.96 bits per heavy atom. The Morgan fingerprint density at radius 3 is 2.62 bits per heavy atom. The van der Waals surface area contributed by atoms with E-state index in [1.54, 1.807) is 0 Å². The number of rotatable bonds is 8. The van der Waals surface area contributed by atoms with Gasteiger partial charge in [-0.15, -0.1) is 0 Å². The molecular weight excluding hydrogens is 310 g/mol. The molecule has 24 heavy (non-hydrogen) atoms. The molecule has 0 fully saturated rings. The quantitative estimate of drug-likeness (QED) is 0.765. The van der Waals surface area contributed by atoms with E-state index in [9.17, 15) is 9.59 Å². The molecule has 0 unspecified atom stereocenters. The van der Waals surface area contributed by atoms with Crippen molar-refractivity contribution in [2.75, 3.05) is 19.8 Å². The maximum absolute atomic E-state index is 11.9. The lowest BCUT2D eigenvalue weighted by molar-refractivity contribution is 0.0948. The highest BCUT2D eigenvalue weighted by Crippen LogP contribution is 2.28. The van der Waals surface area contributed by atoms with Gasteiger partial charge in [-0.1, -0.05) is 6.07 Å². The number of aromatic nitrogens is 2. The zero-order chi connectivity index (χ0) is 17.4. The van der Waals surface area contributed by atoms with Gasteiger partial charge in [0.1, 0.15) is 5.69 Å². The van der Waals surface area contributed by atoms with Crippen molar-refractivity contribution in [3.63, 3.8) is 0 Å². The number of aromatic amines is 1. The van der Waals surface area contributed by atoms with Crippen LogP contribution < -0.4 is 20.3 Å². The molecule has 2 rings (SSSR count). The Kier molecular flexibility index (Phi) is 6.36. The zero-order valence-corrected chi connectivity index (χ0v) is 13.8. The van der Waals surface area contributed by atoms with Crippen molar-refractivity contribution in [3.8, 4) is 11.5 Å². The number of ether oxygens (including phenoxy) is 2. The lowest BCUT2D eigenvalue weighted by Gasteiger charge is -2.12. The predicted molar refractivity (Wildman–Crippen MR) is 89.7 cm³/mol. The van der Waals surface area contributed by atoms with Crippen molar-refractivity contribution in [3.05, 3.63) is 52.2 Å². The van der Waals surface area contributed by atoms with E-state index in [1.807, 2.05) is 32.0 Å². The van der Waals surface area contributed by atoms with E-state index in [0.717, 1.165) is 11.8 Å². The summed E-state index contributed by atoms with van der Waals surface area (Å²) in [5.41, 5.74) is 0.859. The Bertz CT molecular complexity index is 722. The highest BCUT2D eigenvalue weighted by atomic mass is 16.5. The van der Waals surface area contributed by atoms with Gasteiger partial charge in [-0.05, 0) is 38.0 Å². The topological polar surface area (TPSA) is 93.3 Å². The Balaban J connectivity index is 1.93. The average molecular weight is 331 g/mol. The minimum absolute atomic E-state index is 0.177. The fourth-order valence-electron chi connectivity index (χ4n) is 2.13. The average Bonchev–Trinajstić information content (AvgIpc) is 2.58. The minimum Gasteiger partial charge on any atom is -0.490 e. The number of H-pyrrole nitrogens is 1. The first-order valence-corrected chi connectivity index (χ1v) is 7.85. The molecule has 0 bridgehead atoms. The third-order valence-electron chi connectivity index (χ3n) is 3.21. The largest absolute Gasteiger partial charge is 0.490 e. The molecule has 0 saturated heterocycles. The zero-order valence-electron chi connectivity index (χ0n) is 13.8. The summed E-state index contributed by atoms with van der Waals surface area (Å²) in [7, 11) is 0. The maximum atomic E-state index is 11.9. The number of carbonyl (C=O) groups excluding carboxylic acids is 1. The fraction of sp³-hybridized carbons (Fsp3) is 0.353. The molecule has 0 atom stereocenters. The van der Waals surface area contributed by atoms with Crippen LogP contribution in [0.25, 0.3) is 0 Å². The van der Waals surface area contributed by atoms with Gasteiger partial charge in [-0.25, -0.2) is 4.98 Å². The van der Waals surface area contributed by atoms with Crippen LogP contribution in [0, 0.1) is 0 Å². The number of hydrogen-bond donors (Lipinski definition) is 2. The van der Waals surface area contributed by atoms with Crippen LogP contribution in [0.2, 0.25) is 0 Å². The number of hydrogen-bond acceptors (Lipinski definition) is 5. The summed E-state index contributed by atoms with van der Waals surface area (Å²) in [6.07, 6.45) is 3.01. The van der Waals surface area contributed by atoms with E-state index < -0.39 is 0 Å². The van der Waals surface area contributed by atoms with Crippen molar-refractivity contribution in [1.82, 2.24) is 15.3 Å². The van der Waals surface area contributed by atoms with E-state index in [-0.39, 0.29) is 17.2 Å². The molecule has 2 aromatic rings. The number of benzene rings is 1. The van der Waals surface area contributed by atoms with Gasteiger partial charge in [-0.2, -0.15) is 0 Å². The molecule has 0 aliphatic rings. The summed E-state index contributed by atoms with van der Waals surface area (Å²) < 4.78 is 11.1. The standard InChI is InChI=1S/C17H21N3O4/c1-3-23-14-6-5-12(9-15(14)24-4-2)7-8-18-17(22)13-10-20-16(21)11-19-13/h5-6,9-11H,3-4,7-8H2,1-2H3,(H,18,22)(H,20,21). The molecule has 1 amide bonds. The van der Waals surface area contributed by atoms with E-state index in [1.165, 1.54) is 6.20 Å². The van der Waals surface area contributed by atoms with Crippen LogP contribution in [-0.2, 0) is 6.42 Å². The third-order valence-corrected chi connectivity index (χ3v) is 3.21. The van der Waals surface area contributed by atoms with Crippen LogP contribution in [0.5, 0.6) is 11.5 Å². The SMILES string of the molecule is CCOc1ccc(CCNC(=O)c2c[nH]c(=O)cn2)cc1OCC. The van der Waals surface area contributed by atoms with E-state index in [4.69, 9.17) is 9.47 Å². The maximum Gasteiger partial charge on any atom is 0.271 e. The monoisotopic (exact) mass is 331 g/mol. The molecule has 0 radical (unpaired) electrons. The van der Waals surface area contributed by atoms with Crippen molar-refractivity contribution in [1.29, 1.82) is 0 Å². The Labute approximate surface area is 140 Å². The summed E-state index contributed by atoms with van der Waals surface area (Å²) in [6, 6.07) is 5.73. The molecule has 1 aromatic carbocycles. The second-order valence-corrected chi connectivity index (χ2v) is 4.95. The van der Waals surface area contributed by atoms with E-state index in [2.05, 4.69) is 15.3 Å². The normalized spacial score (nSPS) is 10.2. The lowest BCUT2D eigenvalue weighted by atomic mass is 10.1. The van der Waals surface area contributed by atoms with Gasteiger partial charge in [0.25, 0.3) is 11.5 Å². The molecule has 128 valence electrons. The van der Waals surface area contributed by atoms with Gasteiger partial charge in [0.05, 0.1) is 19.4 Å². The first-order chi connectivity index (χ1) is 11.6. The van der Waals surface area contributed by atoms with Crippen molar-refractivity contribution in [2.45, 2.75) is 20.3 Å². The summed E-state index contributed by atoms with van der Waals surface area (Å²) in [5.74, 6) is 1.08. The highest BCUT2D eigenvalue weighted by Gasteiger charge is 2.08. The van der Waals surface area contributed by atoms with Crippen LogP contribution in [0.1, 0.15) is 29.9 Å². The number of amides is 1. The van der Waals surface area contributed by atoms with Crippen LogP contribution in [0.4, 0.5) is 0 Å². The van der Waals surface area contributed by atoms with Crippen LogP contribution in [0.15, 0.2) is 35.4 Å². The summed E-state index contributed by atoms with van der Waals surface area (Å²) in [4.78, 5) is 29.0. The van der Waals surface area contributed by atoms with Crippen molar-refractivity contribution in [2.24, 2.45) is 0 Å².